The predicted molar refractivity (Wildman–Crippen MR) is 114 cm³/mol. The summed E-state index contributed by atoms with van der Waals surface area (Å²) in [5.74, 6) is 1.76. The Morgan fingerprint density at radius 1 is 0.857 bits per heavy atom. The number of aryl methyl sites for hydroxylation is 1. The van der Waals surface area contributed by atoms with Crippen molar-refractivity contribution in [1.29, 1.82) is 0 Å². The molecule has 0 spiro atoms. The third-order valence-electron chi connectivity index (χ3n) is 5.49. The first-order valence-corrected chi connectivity index (χ1v) is 9.98. The van der Waals surface area contributed by atoms with Gasteiger partial charge in [-0.1, -0.05) is 36.4 Å². The molecule has 0 amide bonds. The Labute approximate surface area is 167 Å². The maximum atomic E-state index is 4.88. The third-order valence-corrected chi connectivity index (χ3v) is 5.49. The summed E-state index contributed by atoms with van der Waals surface area (Å²) in [6, 6.07) is 16.6. The fourth-order valence-electron chi connectivity index (χ4n) is 3.65. The van der Waals surface area contributed by atoms with Gasteiger partial charge in [0.2, 0.25) is 0 Å². The van der Waals surface area contributed by atoms with Crippen molar-refractivity contribution in [3.05, 3.63) is 71.5 Å². The zero-order valence-corrected chi connectivity index (χ0v) is 16.7. The molecule has 0 unspecified atom stereocenters. The monoisotopic (exact) mass is 373 g/mol. The van der Waals surface area contributed by atoms with Crippen LogP contribution in [0, 0.1) is 13.8 Å². The zero-order valence-electron chi connectivity index (χ0n) is 16.7. The van der Waals surface area contributed by atoms with Gasteiger partial charge in [-0.3, -0.25) is 9.88 Å². The summed E-state index contributed by atoms with van der Waals surface area (Å²) >= 11 is 0. The molecule has 2 aromatic heterocycles. The van der Waals surface area contributed by atoms with Gasteiger partial charge >= 0.3 is 0 Å². The molecule has 1 aromatic carbocycles. The van der Waals surface area contributed by atoms with E-state index in [1.165, 1.54) is 5.56 Å². The Kier molecular flexibility index (Phi) is 5.63. The molecule has 0 bridgehead atoms. The Morgan fingerprint density at radius 3 is 2.32 bits per heavy atom. The normalized spacial score (nSPS) is 15.0. The first kappa shape index (κ1) is 18.6. The van der Waals surface area contributed by atoms with Crippen LogP contribution < -0.4 is 4.90 Å². The lowest BCUT2D eigenvalue weighted by Gasteiger charge is -2.36. The molecule has 3 aromatic rings. The van der Waals surface area contributed by atoms with Gasteiger partial charge in [-0.15, -0.1) is 0 Å². The molecule has 4 rings (SSSR count). The lowest BCUT2D eigenvalue weighted by Crippen LogP contribution is -2.47. The summed E-state index contributed by atoms with van der Waals surface area (Å²) in [6.07, 6.45) is 2.90. The van der Waals surface area contributed by atoms with Crippen LogP contribution >= 0.6 is 0 Å². The highest BCUT2D eigenvalue weighted by Gasteiger charge is 2.21. The number of benzene rings is 1. The maximum absolute atomic E-state index is 4.88. The number of nitrogens with zero attached hydrogens (tertiary/aromatic N) is 5. The molecule has 0 radical (unpaired) electrons. The summed E-state index contributed by atoms with van der Waals surface area (Å²) in [6.45, 7) is 9.40. The molecular formula is C23H27N5. The Hall–Kier alpha value is -2.79. The van der Waals surface area contributed by atoms with Crippen LogP contribution in [0.15, 0.2) is 54.7 Å². The minimum Gasteiger partial charge on any atom is -0.354 e. The second-order valence-electron chi connectivity index (χ2n) is 7.36. The molecule has 1 aliphatic rings. The van der Waals surface area contributed by atoms with Crippen LogP contribution in [0.5, 0.6) is 0 Å². The average molecular weight is 374 g/mol. The lowest BCUT2D eigenvalue weighted by atomic mass is 10.1. The molecule has 0 N–H and O–H groups in total. The minimum atomic E-state index is 0.713. The molecule has 5 nitrogen and oxygen atoms in total. The Bertz CT molecular complexity index is 903. The van der Waals surface area contributed by atoms with Gasteiger partial charge in [0.1, 0.15) is 11.5 Å². The van der Waals surface area contributed by atoms with E-state index in [0.29, 0.717) is 5.82 Å². The van der Waals surface area contributed by atoms with Crippen LogP contribution in [0.3, 0.4) is 0 Å². The summed E-state index contributed by atoms with van der Waals surface area (Å²) in [5, 5.41) is 0. The van der Waals surface area contributed by atoms with Crippen LogP contribution in [0.25, 0.3) is 11.5 Å². The average Bonchev–Trinajstić information content (AvgIpc) is 2.76. The van der Waals surface area contributed by atoms with Crippen LogP contribution in [0.1, 0.15) is 16.8 Å². The van der Waals surface area contributed by atoms with E-state index in [-0.39, 0.29) is 0 Å². The van der Waals surface area contributed by atoms with Crippen LogP contribution in [0.4, 0.5) is 5.82 Å². The topological polar surface area (TPSA) is 45.2 Å². The number of pyridine rings is 1. The highest BCUT2D eigenvalue weighted by Crippen LogP contribution is 2.24. The van der Waals surface area contributed by atoms with Crippen molar-refractivity contribution in [1.82, 2.24) is 19.9 Å². The molecule has 5 heteroatoms. The van der Waals surface area contributed by atoms with Crippen molar-refractivity contribution in [3.63, 3.8) is 0 Å². The minimum absolute atomic E-state index is 0.713. The van der Waals surface area contributed by atoms with E-state index in [2.05, 4.69) is 63.9 Å². The third kappa shape index (κ3) is 4.20. The summed E-state index contributed by atoms with van der Waals surface area (Å²) < 4.78 is 0. The number of piperazine rings is 1. The van der Waals surface area contributed by atoms with Gasteiger partial charge < -0.3 is 4.90 Å². The summed E-state index contributed by atoms with van der Waals surface area (Å²) in [7, 11) is 0. The van der Waals surface area contributed by atoms with Crippen LogP contribution in [-0.2, 0) is 6.42 Å². The lowest BCUT2D eigenvalue weighted by molar-refractivity contribution is 0.260. The molecule has 144 valence electrons. The van der Waals surface area contributed by atoms with Crippen LogP contribution in [0.2, 0.25) is 0 Å². The van der Waals surface area contributed by atoms with Crippen molar-refractivity contribution < 1.29 is 0 Å². The molecule has 1 fully saturated rings. The molecule has 3 heterocycles. The predicted octanol–water partition coefficient (Wildman–Crippen LogP) is 3.52. The van der Waals surface area contributed by atoms with E-state index in [1.54, 1.807) is 6.20 Å². The molecule has 1 aliphatic heterocycles. The van der Waals surface area contributed by atoms with E-state index in [4.69, 9.17) is 4.98 Å². The van der Waals surface area contributed by atoms with E-state index >= 15 is 0 Å². The molecular weight excluding hydrogens is 346 g/mol. The van der Waals surface area contributed by atoms with Gasteiger partial charge in [-0.2, -0.15) is 0 Å². The van der Waals surface area contributed by atoms with Gasteiger partial charge in [-0.05, 0) is 38.0 Å². The molecule has 0 atom stereocenters. The van der Waals surface area contributed by atoms with Gasteiger partial charge in [0.05, 0.1) is 0 Å². The van der Waals surface area contributed by atoms with Crippen molar-refractivity contribution >= 4 is 5.82 Å². The zero-order chi connectivity index (χ0) is 19.3. The largest absolute Gasteiger partial charge is 0.354 e. The van der Waals surface area contributed by atoms with E-state index in [0.717, 1.165) is 61.9 Å². The van der Waals surface area contributed by atoms with Gasteiger partial charge in [0.15, 0.2) is 5.82 Å². The number of aromatic nitrogens is 3. The maximum Gasteiger partial charge on any atom is 0.180 e. The molecule has 0 aliphatic carbocycles. The summed E-state index contributed by atoms with van der Waals surface area (Å²) in [4.78, 5) is 18.9. The number of hydrogen-bond donors (Lipinski definition) is 0. The molecule has 1 saturated heterocycles. The molecule has 0 saturated carbocycles. The van der Waals surface area contributed by atoms with Crippen molar-refractivity contribution in [3.8, 4) is 11.5 Å². The van der Waals surface area contributed by atoms with Gasteiger partial charge in [0, 0.05) is 50.2 Å². The van der Waals surface area contributed by atoms with Gasteiger partial charge in [-0.25, -0.2) is 9.97 Å². The van der Waals surface area contributed by atoms with Crippen LogP contribution in [-0.4, -0.2) is 52.6 Å². The quantitative estimate of drug-likeness (QED) is 0.685. The van der Waals surface area contributed by atoms with Gasteiger partial charge in [0.25, 0.3) is 0 Å². The second kappa shape index (κ2) is 8.48. The highest BCUT2D eigenvalue weighted by atomic mass is 15.3. The first-order chi connectivity index (χ1) is 13.7. The second-order valence-corrected chi connectivity index (χ2v) is 7.36. The first-order valence-electron chi connectivity index (χ1n) is 9.98. The standard InChI is InChI=1S/C23H27N5/c1-18-19(2)25-22(21-10-6-7-12-24-21)26-23(18)28-16-14-27(15-17-28)13-11-20-8-4-3-5-9-20/h3-10,12H,11,13-17H2,1-2H3. The van der Waals surface area contributed by atoms with Crippen molar-refractivity contribution in [2.24, 2.45) is 0 Å². The number of anilines is 1. The van der Waals surface area contributed by atoms with E-state index in [1.807, 2.05) is 18.2 Å². The van der Waals surface area contributed by atoms with Crippen molar-refractivity contribution in [2.45, 2.75) is 20.3 Å². The van der Waals surface area contributed by atoms with E-state index in [9.17, 15) is 0 Å². The van der Waals surface area contributed by atoms with E-state index < -0.39 is 0 Å². The smallest absolute Gasteiger partial charge is 0.180 e. The number of rotatable bonds is 5. The van der Waals surface area contributed by atoms with Crippen molar-refractivity contribution in [2.75, 3.05) is 37.6 Å². The SMILES string of the molecule is Cc1nc(-c2ccccn2)nc(N2CCN(CCc3ccccc3)CC2)c1C. The number of hydrogen-bond acceptors (Lipinski definition) is 5. The fourth-order valence-corrected chi connectivity index (χ4v) is 3.65. The highest BCUT2D eigenvalue weighted by molar-refractivity contribution is 5.57. The molecule has 28 heavy (non-hydrogen) atoms. The Balaban J connectivity index is 1.43. The summed E-state index contributed by atoms with van der Waals surface area (Å²) in [5.41, 5.74) is 4.43. The fraction of sp³-hybridized carbons (Fsp3) is 0.348. The Morgan fingerprint density at radius 2 is 1.61 bits per heavy atom.